The second kappa shape index (κ2) is 9.07. The van der Waals surface area contributed by atoms with E-state index in [0.717, 1.165) is 11.3 Å². The van der Waals surface area contributed by atoms with Crippen molar-refractivity contribution in [2.45, 2.75) is 26.2 Å². The lowest BCUT2D eigenvalue weighted by molar-refractivity contribution is -0.156. The monoisotopic (exact) mass is 402 g/mol. The number of nitrogens with zero attached hydrogens (tertiary/aromatic N) is 2. The van der Waals surface area contributed by atoms with Crippen LogP contribution in [0.2, 0.25) is 0 Å². The van der Waals surface area contributed by atoms with Gasteiger partial charge in [-0.3, -0.25) is 19.2 Å². The van der Waals surface area contributed by atoms with Gasteiger partial charge in [0.15, 0.2) is 6.61 Å². The van der Waals surface area contributed by atoms with Crippen molar-refractivity contribution >= 4 is 29.4 Å². The highest BCUT2D eigenvalue weighted by Crippen LogP contribution is 2.26. The molecule has 3 rings (SSSR count). The van der Waals surface area contributed by atoms with Crippen LogP contribution in [0.5, 0.6) is 0 Å². The van der Waals surface area contributed by atoms with Crippen molar-refractivity contribution in [2.75, 3.05) is 38.3 Å². The van der Waals surface area contributed by atoms with Gasteiger partial charge in [0, 0.05) is 31.7 Å². The molecule has 2 saturated heterocycles. The number of carbonyl (C=O) groups is 4. The summed E-state index contributed by atoms with van der Waals surface area (Å²) in [6.07, 6.45) is 1.15. The van der Waals surface area contributed by atoms with E-state index in [2.05, 4.69) is 0 Å². The minimum absolute atomic E-state index is 0.0748. The van der Waals surface area contributed by atoms with Gasteiger partial charge in [-0.2, -0.15) is 0 Å². The van der Waals surface area contributed by atoms with Crippen LogP contribution in [0.15, 0.2) is 24.3 Å². The number of piperidine rings is 1. The van der Waals surface area contributed by atoms with E-state index in [4.69, 9.17) is 9.47 Å². The van der Waals surface area contributed by atoms with Crippen LogP contribution in [0, 0.1) is 18.8 Å². The number of benzene rings is 1. The second-order valence-corrected chi connectivity index (χ2v) is 7.53. The molecule has 0 bridgehead atoms. The molecule has 0 saturated carbocycles. The third-order valence-corrected chi connectivity index (χ3v) is 5.52. The summed E-state index contributed by atoms with van der Waals surface area (Å²) in [6.45, 7) is 2.72. The Labute approximate surface area is 169 Å². The molecule has 2 aliphatic rings. The van der Waals surface area contributed by atoms with Crippen LogP contribution in [-0.2, 0) is 28.7 Å². The number of carbonyl (C=O) groups excluding carboxylic acids is 4. The maximum atomic E-state index is 12.4. The summed E-state index contributed by atoms with van der Waals surface area (Å²) >= 11 is 0. The van der Waals surface area contributed by atoms with Gasteiger partial charge < -0.3 is 19.3 Å². The van der Waals surface area contributed by atoms with E-state index >= 15 is 0 Å². The lowest BCUT2D eigenvalue weighted by Crippen LogP contribution is -2.42. The molecule has 2 heterocycles. The van der Waals surface area contributed by atoms with E-state index in [0.29, 0.717) is 25.9 Å². The second-order valence-electron chi connectivity index (χ2n) is 7.53. The standard InChI is InChI=1S/C21H26N2O6/c1-14-3-5-17(6-4-14)23-12-16(11-18(23)24)21(27)29-13-19(25)22-9-7-15(8-10-22)20(26)28-2/h3-6,15-16H,7-13H2,1-2H3. The van der Waals surface area contributed by atoms with Gasteiger partial charge in [0.2, 0.25) is 5.91 Å². The third-order valence-electron chi connectivity index (χ3n) is 5.52. The Morgan fingerprint density at radius 3 is 2.31 bits per heavy atom. The van der Waals surface area contributed by atoms with E-state index in [-0.39, 0.29) is 43.3 Å². The Balaban J connectivity index is 1.46. The number of likely N-dealkylation sites (tertiary alicyclic amines) is 1. The normalized spacial score (nSPS) is 19.9. The predicted molar refractivity (Wildman–Crippen MR) is 104 cm³/mol. The highest BCUT2D eigenvalue weighted by atomic mass is 16.5. The number of methoxy groups -OCH3 is 1. The van der Waals surface area contributed by atoms with Gasteiger partial charge in [-0.05, 0) is 31.9 Å². The van der Waals surface area contributed by atoms with Crippen LogP contribution in [-0.4, -0.2) is 62.0 Å². The lowest BCUT2D eigenvalue weighted by atomic mass is 9.97. The summed E-state index contributed by atoms with van der Waals surface area (Å²) in [5.41, 5.74) is 1.84. The molecule has 0 spiro atoms. The van der Waals surface area contributed by atoms with Gasteiger partial charge in [0.05, 0.1) is 18.9 Å². The Morgan fingerprint density at radius 1 is 1.03 bits per heavy atom. The van der Waals surface area contributed by atoms with E-state index < -0.39 is 11.9 Å². The van der Waals surface area contributed by atoms with Gasteiger partial charge in [0.25, 0.3) is 5.91 Å². The summed E-state index contributed by atoms with van der Waals surface area (Å²) in [5, 5.41) is 0. The fourth-order valence-electron chi connectivity index (χ4n) is 3.71. The van der Waals surface area contributed by atoms with Crippen molar-refractivity contribution in [3.05, 3.63) is 29.8 Å². The Kier molecular flexibility index (Phi) is 6.51. The molecule has 0 aromatic heterocycles. The van der Waals surface area contributed by atoms with Crippen molar-refractivity contribution in [3.63, 3.8) is 0 Å². The summed E-state index contributed by atoms with van der Waals surface area (Å²) in [7, 11) is 1.35. The molecule has 29 heavy (non-hydrogen) atoms. The number of ether oxygens (including phenoxy) is 2. The minimum Gasteiger partial charge on any atom is -0.469 e. The molecular formula is C21H26N2O6. The molecule has 2 aliphatic heterocycles. The highest BCUT2D eigenvalue weighted by Gasteiger charge is 2.36. The first-order valence-electron chi connectivity index (χ1n) is 9.78. The number of rotatable bonds is 5. The van der Waals surface area contributed by atoms with Crippen molar-refractivity contribution < 1.29 is 28.7 Å². The molecule has 0 aliphatic carbocycles. The fourth-order valence-corrected chi connectivity index (χ4v) is 3.71. The molecular weight excluding hydrogens is 376 g/mol. The molecule has 8 heteroatoms. The molecule has 1 aromatic rings. The average Bonchev–Trinajstić information content (AvgIpc) is 3.13. The van der Waals surface area contributed by atoms with Gasteiger partial charge in [-0.25, -0.2) is 0 Å². The number of esters is 2. The molecule has 0 radical (unpaired) electrons. The topological polar surface area (TPSA) is 93.2 Å². The SMILES string of the molecule is COC(=O)C1CCN(C(=O)COC(=O)C2CC(=O)N(c3ccc(C)cc3)C2)CC1. The lowest BCUT2D eigenvalue weighted by Gasteiger charge is -2.30. The molecule has 2 amide bonds. The number of aryl methyl sites for hydroxylation is 1. The zero-order valence-electron chi connectivity index (χ0n) is 16.8. The molecule has 1 unspecified atom stereocenters. The van der Waals surface area contributed by atoms with E-state index in [1.165, 1.54) is 7.11 Å². The first-order chi connectivity index (χ1) is 13.9. The molecule has 1 aromatic carbocycles. The summed E-state index contributed by atoms with van der Waals surface area (Å²) in [6, 6.07) is 7.53. The Bertz CT molecular complexity index is 783. The van der Waals surface area contributed by atoms with E-state index in [9.17, 15) is 19.2 Å². The first kappa shape index (κ1) is 20.8. The summed E-state index contributed by atoms with van der Waals surface area (Å²) in [5.74, 6) is -1.99. The molecule has 156 valence electrons. The van der Waals surface area contributed by atoms with Crippen LogP contribution in [0.1, 0.15) is 24.8 Å². The van der Waals surface area contributed by atoms with Crippen LogP contribution >= 0.6 is 0 Å². The number of anilines is 1. The van der Waals surface area contributed by atoms with Crippen molar-refractivity contribution in [3.8, 4) is 0 Å². The maximum absolute atomic E-state index is 12.4. The van der Waals surface area contributed by atoms with Crippen LogP contribution in [0.3, 0.4) is 0 Å². The van der Waals surface area contributed by atoms with Crippen LogP contribution < -0.4 is 4.90 Å². The van der Waals surface area contributed by atoms with Gasteiger partial charge in [-0.1, -0.05) is 17.7 Å². The van der Waals surface area contributed by atoms with Gasteiger partial charge in [-0.15, -0.1) is 0 Å². The first-order valence-corrected chi connectivity index (χ1v) is 9.78. The maximum Gasteiger partial charge on any atom is 0.311 e. The average molecular weight is 402 g/mol. The smallest absolute Gasteiger partial charge is 0.311 e. The van der Waals surface area contributed by atoms with Gasteiger partial charge in [0.1, 0.15) is 0 Å². The third kappa shape index (κ3) is 4.93. The van der Waals surface area contributed by atoms with Crippen LogP contribution in [0.25, 0.3) is 0 Å². The molecule has 2 fully saturated rings. The Morgan fingerprint density at radius 2 is 1.69 bits per heavy atom. The zero-order chi connectivity index (χ0) is 21.0. The van der Waals surface area contributed by atoms with Gasteiger partial charge >= 0.3 is 11.9 Å². The minimum atomic E-state index is -0.582. The van der Waals surface area contributed by atoms with Crippen molar-refractivity contribution in [1.29, 1.82) is 0 Å². The number of hydrogen-bond acceptors (Lipinski definition) is 6. The highest BCUT2D eigenvalue weighted by molar-refractivity contribution is 5.99. The zero-order valence-corrected chi connectivity index (χ0v) is 16.8. The van der Waals surface area contributed by atoms with E-state index in [1.807, 2.05) is 31.2 Å². The summed E-state index contributed by atoms with van der Waals surface area (Å²) < 4.78 is 9.92. The molecule has 8 nitrogen and oxygen atoms in total. The van der Waals surface area contributed by atoms with Crippen molar-refractivity contribution in [2.24, 2.45) is 11.8 Å². The summed E-state index contributed by atoms with van der Waals surface area (Å²) in [4.78, 5) is 51.6. The molecule has 1 atom stereocenters. The van der Waals surface area contributed by atoms with Crippen LogP contribution in [0.4, 0.5) is 5.69 Å². The van der Waals surface area contributed by atoms with Crippen molar-refractivity contribution in [1.82, 2.24) is 4.90 Å². The fraction of sp³-hybridized carbons (Fsp3) is 0.524. The Hall–Kier alpha value is -2.90. The largest absolute Gasteiger partial charge is 0.469 e. The van der Waals surface area contributed by atoms with E-state index in [1.54, 1.807) is 9.80 Å². The molecule has 0 N–H and O–H groups in total. The number of amides is 2. The number of hydrogen-bond donors (Lipinski definition) is 0. The predicted octanol–water partition coefficient (Wildman–Crippen LogP) is 1.30. The quantitative estimate of drug-likeness (QED) is 0.690.